The van der Waals surface area contributed by atoms with Crippen LogP contribution >= 0.6 is 0 Å². The summed E-state index contributed by atoms with van der Waals surface area (Å²) in [4.78, 5) is 33.9. The molecule has 2 saturated heterocycles. The molecule has 3 heterocycles. The van der Waals surface area contributed by atoms with Crippen LogP contribution in [0.15, 0.2) is 36.7 Å². The molecule has 4 rings (SSSR count). The zero-order valence-corrected chi connectivity index (χ0v) is 16.5. The van der Waals surface area contributed by atoms with Gasteiger partial charge in [-0.3, -0.25) is 14.6 Å². The van der Waals surface area contributed by atoms with Gasteiger partial charge in [-0.05, 0) is 49.8 Å². The maximum atomic E-state index is 13.2. The van der Waals surface area contributed by atoms with E-state index in [4.69, 9.17) is 4.74 Å². The Morgan fingerprint density at radius 3 is 2.79 bits per heavy atom. The predicted molar refractivity (Wildman–Crippen MR) is 107 cm³/mol. The molecule has 6 nitrogen and oxygen atoms in total. The molecule has 0 bridgehead atoms. The first-order valence-corrected chi connectivity index (χ1v) is 10.2. The number of aromatic nitrogens is 1. The number of carbonyl (C=O) groups is 2. The highest BCUT2D eigenvalue weighted by Crippen LogP contribution is 2.24. The van der Waals surface area contributed by atoms with Crippen molar-refractivity contribution in [3.8, 4) is 0 Å². The molecule has 0 saturated carbocycles. The lowest BCUT2D eigenvalue weighted by Crippen LogP contribution is -2.57. The van der Waals surface area contributed by atoms with Crippen LogP contribution in [-0.2, 0) is 9.53 Å². The van der Waals surface area contributed by atoms with Crippen molar-refractivity contribution in [1.29, 1.82) is 0 Å². The summed E-state index contributed by atoms with van der Waals surface area (Å²) in [6.07, 6.45) is 5.91. The van der Waals surface area contributed by atoms with Gasteiger partial charge in [0.15, 0.2) is 0 Å². The topological polar surface area (TPSA) is 62.7 Å². The smallest absolute Gasteiger partial charge is 0.254 e. The Bertz CT molecular complexity index is 884. The number of fused-ring (bicyclic) bond motifs is 1. The minimum atomic E-state index is -0.317. The number of piperazine rings is 1. The van der Waals surface area contributed by atoms with Crippen LogP contribution in [0.2, 0.25) is 0 Å². The number of ether oxygens (including phenoxy) is 1. The largest absolute Gasteiger partial charge is 0.365 e. The lowest BCUT2D eigenvalue weighted by atomic mass is 10.0. The van der Waals surface area contributed by atoms with Gasteiger partial charge in [-0.25, -0.2) is 0 Å². The van der Waals surface area contributed by atoms with Gasteiger partial charge in [-0.15, -0.1) is 0 Å². The molecule has 0 radical (unpaired) electrons. The number of rotatable bonds is 3. The quantitative estimate of drug-likeness (QED) is 0.820. The Balaban J connectivity index is 1.47. The molecule has 2 amide bonds. The third-order valence-corrected chi connectivity index (χ3v) is 5.92. The van der Waals surface area contributed by atoms with Gasteiger partial charge in [0.05, 0.1) is 6.10 Å². The Labute approximate surface area is 165 Å². The number of carbonyl (C=O) groups excluding carboxylic acids is 2. The summed E-state index contributed by atoms with van der Waals surface area (Å²) in [5, 5.41) is 2.03. The molecule has 148 valence electrons. The summed E-state index contributed by atoms with van der Waals surface area (Å²) >= 11 is 0. The van der Waals surface area contributed by atoms with Crippen molar-refractivity contribution in [2.75, 3.05) is 19.6 Å². The number of amides is 2. The van der Waals surface area contributed by atoms with E-state index in [2.05, 4.69) is 11.9 Å². The van der Waals surface area contributed by atoms with Gasteiger partial charge in [0, 0.05) is 49.0 Å². The molecule has 1 aromatic heterocycles. The maximum Gasteiger partial charge on any atom is 0.254 e. The molecule has 2 aliphatic rings. The number of hydrogen-bond acceptors (Lipinski definition) is 4. The van der Waals surface area contributed by atoms with Gasteiger partial charge >= 0.3 is 0 Å². The molecule has 28 heavy (non-hydrogen) atoms. The van der Waals surface area contributed by atoms with Gasteiger partial charge in [0.1, 0.15) is 6.10 Å². The summed E-state index contributed by atoms with van der Waals surface area (Å²) in [6, 6.07) is 7.71. The number of nitrogens with zero attached hydrogens (tertiary/aromatic N) is 3. The zero-order valence-electron chi connectivity index (χ0n) is 16.5. The Kier molecular flexibility index (Phi) is 5.31. The van der Waals surface area contributed by atoms with Crippen LogP contribution in [0.4, 0.5) is 0 Å². The highest BCUT2D eigenvalue weighted by atomic mass is 16.5. The number of pyridine rings is 1. The van der Waals surface area contributed by atoms with E-state index < -0.39 is 0 Å². The minimum Gasteiger partial charge on any atom is -0.365 e. The monoisotopic (exact) mass is 381 g/mol. The highest BCUT2D eigenvalue weighted by Gasteiger charge is 2.37. The van der Waals surface area contributed by atoms with Crippen LogP contribution in [0, 0.1) is 0 Å². The fourth-order valence-electron chi connectivity index (χ4n) is 4.24. The van der Waals surface area contributed by atoms with E-state index in [1.54, 1.807) is 12.4 Å². The second-order valence-electron chi connectivity index (χ2n) is 7.80. The van der Waals surface area contributed by atoms with E-state index in [0.29, 0.717) is 25.2 Å². The van der Waals surface area contributed by atoms with Crippen molar-refractivity contribution in [3.05, 3.63) is 42.2 Å². The van der Waals surface area contributed by atoms with Crippen LogP contribution in [0.25, 0.3) is 10.8 Å². The molecule has 3 atom stereocenters. The van der Waals surface area contributed by atoms with Gasteiger partial charge in [-0.2, -0.15) is 0 Å². The molecule has 0 aliphatic carbocycles. The van der Waals surface area contributed by atoms with Crippen molar-refractivity contribution in [2.45, 2.75) is 51.4 Å². The van der Waals surface area contributed by atoms with Crippen LogP contribution in [0.3, 0.4) is 0 Å². The summed E-state index contributed by atoms with van der Waals surface area (Å²) < 4.78 is 5.75. The van der Waals surface area contributed by atoms with Gasteiger partial charge < -0.3 is 14.5 Å². The van der Waals surface area contributed by atoms with Crippen molar-refractivity contribution in [1.82, 2.24) is 14.8 Å². The summed E-state index contributed by atoms with van der Waals surface area (Å²) in [5.74, 6) is 0.0992. The van der Waals surface area contributed by atoms with E-state index in [-0.39, 0.29) is 30.1 Å². The molecule has 2 aliphatic heterocycles. The van der Waals surface area contributed by atoms with E-state index in [9.17, 15) is 9.59 Å². The van der Waals surface area contributed by atoms with E-state index in [1.165, 1.54) is 0 Å². The van der Waals surface area contributed by atoms with Crippen LogP contribution in [-0.4, -0.2) is 64.5 Å². The number of benzene rings is 1. The highest BCUT2D eigenvalue weighted by molar-refractivity contribution is 5.98. The lowest BCUT2D eigenvalue weighted by Gasteiger charge is -2.42. The minimum absolute atomic E-state index is 0.0219. The van der Waals surface area contributed by atoms with Gasteiger partial charge in [-0.1, -0.05) is 13.0 Å². The molecule has 1 aromatic carbocycles. The zero-order chi connectivity index (χ0) is 19.7. The first-order chi connectivity index (χ1) is 13.6. The lowest BCUT2D eigenvalue weighted by molar-refractivity contribution is -0.145. The normalized spacial score (nSPS) is 25.3. The summed E-state index contributed by atoms with van der Waals surface area (Å²) in [6.45, 7) is 5.76. The second-order valence-corrected chi connectivity index (χ2v) is 7.80. The van der Waals surface area contributed by atoms with Crippen molar-refractivity contribution in [3.63, 3.8) is 0 Å². The van der Waals surface area contributed by atoms with E-state index in [0.717, 1.165) is 30.0 Å². The molecule has 2 aromatic rings. The number of hydrogen-bond donors (Lipinski definition) is 0. The summed E-state index contributed by atoms with van der Waals surface area (Å²) in [7, 11) is 0. The van der Waals surface area contributed by atoms with Crippen molar-refractivity contribution in [2.24, 2.45) is 0 Å². The van der Waals surface area contributed by atoms with Gasteiger partial charge in [0.2, 0.25) is 0 Å². The van der Waals surface area contributed by atoms with Crippen molar-refractivity contribution < 1.29 is 14.3 Å². The third-order valence-electron chi connectivity index (χ3n) is 5.92. The molecule has 0 spiro atoms. The molecular weight excluding hydrogens is 354 g/mol. The Morgan fingerprint density at radius 2 is 2.04 bits per heavy atom. The fourth-order valence-corrected chi connectivity index (χ4v) is 4.24. The fraction of sp³-hybridized carbons (Fsp3) is 0.500. The first kappa shape index (κ1) is 18.9. The second kappa shape index (κ2) is 7.87. The average molecular weight is 381 g/mol. The van der Waals surface area contributed by atoms with Gasteiger partial charge in [0.25, 0.3) is 11.8 Å². The predicted octanol–water partition coefficient (Wildman–Crippen LogP) is 2.87. The van der Waals surface area contributed by atoms with Crippen molar-refractivity contribution >= 4 is 22.6 Å². The standard InChI is InChI=1S/C22H27N3O3/c1-3-19-14-24(22(27)20-7-4-15(2)28-20)10-11-25(19)21(26)17-6-5-16-8-9-23-13-18(16)12-17/h5-6,8-9,12-13,15,19-20H,3-4,7,10-11,14H2,1-2H3/t15-,19?,20-/m0/s1. The Hall–Kier alpha value is -2.47. The molecule has 1 unspecified atom stereocenters. The first-order valence-electron chi connectivity index (χ1n) is 10.2. The SMILES string of the molecule is CCC1CN(C(=O)[C@@H]2CC[C@H](C)O2)CCN1C(=O)c1ccc2ccncc2c1. The molecular formula is C22H27N3O3. The van der Waals surface area contributed by atoms with Crippen LogP contribution in [0.1, 0.15) is 43.5 Å². The van der Waals surface area contributed by atoms with E-state index >= 15 is 0 Å². The molecule has 0 N–H and O–H groups in total. The maximum absolute atomic E-state index is 13.2. The average Bonchev–Trinajstić information content (AvgIpc) is 3.18. The van der Waals surface area contributed by atoms with Crippen LogP contribution in [0.5, 0.6) is 0 Å². The summed E-state index contributed by atoms with van der Waals surface area (Å²) in [5.41, 5.74) is 0.673. The van der Waals surface area contributed by atoms with Crippen LogP contribution < -0.4 is 0 Å². The molecule has 2 fully saturated rings. The Morgan fingerprint density at radius 1 is 1.18 bits per heavy atom. The third kappa shape index (κ3) is 3.61. The molecule has 6 heteroatoms. The van der Waals surface area contributed by atoms with E-state index in [1.807, 2.05) is 41.0 Å².